The molecule has 0 spiro atoms. The third-order valence-electron chi connectivity index (χ3n) is 6.08. The molecular weight excluding hydrogens is 639 g/mol. The van der Waals surface area contributed by atoms with Crippen LogP contribution in [0.2, 0.25) is 0 Å². The fourth-order valence-electron chi connectivity index (χ4n) is 4.49. The zero-order valence-electron chi connectivity index (χ0n) is 20.1. The molecule has 0 atom stereocenters. The van der Waals surface area contributed by atoms with Crippen molar-refractivity contribution in [3.8, 4) is 22.5 Å². The molecule has 0 unspecified atom stereocenters. The molecule has 0 saturated heterocycles. The number of halogens is 4. The van der Waals surface area contributed by atoms with E-state index in [1.807, 2.05) is 0 Å². The molecule has 4 aromatic rings. The Morgan fingerprint density at radius 2 is 1.14 bits per heavy atom. The zero-order chi connectivity index (χ0) is 25.4. The molecule has 0 aromatic carbocycles. The summed E-state index contributed by atoms with van der Waals surface area (Å²) in [6, 6.07) is 13.4. The number of pyridine rings is 4. The van der Waals surface area contributed by atoms with Crippen molar-refractivity contribution in [2.75, 3.05) is 0 Å². The first kappa shape index (κ1) is 22.5. The molecule has 4 heterocycles. The van der Waals surface area contributed by atoms with E-state index in [9.17, 15) is 17.6 Å². The third-order valence-corrected chi connectivity index (χ3v) is 6.08. The molecule has 0 bridgehead atoms. The van der Waals surface area contributed by atoms with Crippen molar-refractivity contribution in [1.29, 1.82) is 0 Å². The zero-order valence-corrected chi connectivity index (χ0v) is 20.4. The Morgan fingerprint density at radius 3 is 1.60 bits per heavy atom. The van der Waals surface area contributed by atoms with Crippen molar-refractivity contribution < 1.29 is 41.4 Å². The third kappa shape index (κ3) is 4.90. The monoisotopic (exact) mass is 659 g/mol. The molecule has 0 radical (unpaired) electrons. The van der Waals surface area contributed by atoms with Crippen LogP contribution in [0.15, 0.2) is 48.5 Å². The fourth-order valence-corrected chi connectivity index (χ4v) is 4.49. The van der Waals surface area contributed by atoms with Gasteiger partial charge >= 0.3 is 21.1 Å². The van der Waals surface area contributed by atoms with E-state index in [2.05, 4.69) is 32.1 Å². The van der Waals surface area contributed by atoms with Crippen LogP contribution in [0.1, 0.15) is 46.2 Å². The normalized spacial score (nSPS) is 15.7. The number of nitrogens with zero attached hydrogens (tertiary/aromatic N) is 4. The van der Waals surface area contributed by atoms with Gasteiger partial charge in [0, 0.05) is 14.1 Å². The molecule has 180 valence electrons. The predicted molar refractivity (Wildman–Crippen MR) is 116 cm³/mol. The molecule has 0 aliphatic heterocycles. The van der Waals surface area contributed by atoms with Crippen molar-refractivity contribution in [2.24, 2.45) is 0 Å². The smallest absolute Gasteiger partial charge is 0.300 e. The van der Waals surface area contributed by atoms with E-state index in [-0.39, 0.29) is 43.6 Å². The maximum atomic E-state index is 14.4. The van der Waals surface area contributed by atoms with E-state index in [1.165, 1.54) is 12.1 Å². The average molecular weight is 660 g/mol. The SMILES string of the molecule is [2H]c1[c-]c(-c2cccc(C3(c4cccc(-c5[c-]c([2H])c(F)nc5F)n4)CCCCC3)n2)c(F)nc1F.[Pt+2]. The number of aromatic nitrogens is 4. The van der Waals surface area contributed by atoms with Gasteiger partial charge in [-0.3, -0.25) is 9.97 Å². The van der Waals surface area contributed by atoms with Crippen LogP contribution < -0.4 is 0 Å². The second-order valence-corrected chi connectivity index (χ2v) is 8.10. The van der Waals surface area contributed by atoms with Crippen LogP contribution in [0, 0.1) is 35.9 Å². The molecule has 4 aromatic heterocycles. The first-order chi connectivity index (χ1) is 17.3. The minimum Gasteiger partial charge on any atom is -0.300 e. The largest absolute Gasteiger partial charge is 2.00 e. The van der Waals surface area contributed by atoms with Gasteiger partial charge < -0.3 is 9.97 Å². The molecule has 1 fully saturated rings. The van der Waals surface area contributed by atoms with Crippen molar-refractivity contribution >= 4 is 0 Å². The molecule has 9 heteroatoms. The van der Waals surface area contributed by atoms with Crippen molar-refractivity contribution in [3.05, 3.63) is 95.8 Å². The van der Waals surface area contributed by atoms with Gasteiger partial charge in [-0.1, -0.05) is 66.7 Å². The topological polar surface area (TPSA) is 51.6 Å². The molecule has 0 N–H and O–H groups in total. The molecule has 0 amide bonds. The first-order valence-corrected chi connectivity index (χ1v) is 10.7. The molecule has 1 saturated carbocycles. The maximum absolute atomic E-state index is 14.4. The Morgan fingerprint density at radius 1 is 0.686 bits per heavy atom. The minimum atomic E-state index is -1.26. The Bertz CT molecular complexity index is 1360. The number of hydrogen-bond acceptors (Lipinski definition) is 4. The van der Waals surface area contributed by atoms with E-state index in [4.69, 9.17) is 2.74 Å². The van der Waals surface area contributed by atoms with Gasteiger partial charge in [-0.25, -0.2) is 17.6 Å². The van der Waals surface area contributed by atoms with Crippen molar-refractivity contribution in [1.82, 2.24) is 19.9 Å². The van der Waals surface area contributed by atoms with E-state index >= 15 is 0 Å². The molecule has 5 rings (SSSR count). The summed E-state index contributed by atoms with van der Waals surface area (Å²) in [6.07, 6.45) is 4.05. The fraction of sp³-hybridized carbons (Fsp3) is 0.231. The summed E-state index contributed by atoms with van der Waals surface area (Å²) in [5.74, 6) is -4.75. The molecule has 4 nitrogen and oxygen atoms in total. The van der Waals surface area contributed by atoms with Crippen LogP contribution in [-0.2, 0) is 26.5 Å². The van der Waals surface area contributed by atoms with E-state index in [1.54, 1.807) is 24.3 Å². The van der Waals surface area contributed by atoms with Crippen LogP contribution in [-0.4, -0.2) is 19.9 Å². The van der Waals surface area contributed by atoms with Gasteiger partial charge in [0.15, 0.2) is 0 Å². The minimum absolute atomic E-state index is 0. The van der Waals surface area contributed by atoms with E-state index < -0.39 is 41.3 Å². The Balaban J connectivity index is 0.00000320. The summed E-state index contributed by atoms with van der Waals surface area (Å²) in [6.45, 7) is 0. The standard InChI is InChI=1S/C26H18F4N4.Pt/c27-22-12-10-16(24(29)33-22)18-6-4-8-20(31-18)26(14-2-1-3-15-26)21-9-5-7-19(32-21)17-11-13-23(28)34-25(17)30;/h4-9,12-13H,1-3,14-15H2;/q-2;+2/i12D,13D;. The Kier molecular flexibility index (Phi) is 6.63. The Hall–Kier alpha value is -2.99. The summed E-state index contributed by atoms with van der Waals surface area (Å²) in [5, 5.41) is 0. The second kappa shape index (κ2) is 10.3. The molecular formula is C26H18F4N4Pt. The van der Waals surface area contributed by atoms with Gasteiger partial charge in [-0.15, -0.1) is 12.1 Å². The first-order valence-electron chi connectivity index (χ1n) is 11.7. The van der Waals surface area contributed by atoms with Gasteiger partial charge in [-0.2, -0.15) is 0 Å². The van der Waals surface area contributed by atoms with Crippen molar-refractivity contribution in [3.63, 3.8) is 0 Å². The maximum Gasteiger partial charge on any atom is 2.00 e. The summed E-state index contributed by atoms with van der Waals surface area (Å²) in [5.41, 5.74) is 0.319. The van der Waals surface area contributed by atoms with Crippen molar-refractivity contribution in [2.45, 2.75) is 37.5 Å². The van der Waals surface area contributed by atoms with Crippen LogP contribution >= 0.6 is 0 Å². The average Bonchev–Trinajstić information content (AvgIpc) is 2.89. The van der Waals surface area contributed by atoms with Gasteiger partial charge in [0.05, 0.1) is 5.41 Å². The van der Waals surface area contributed by atoms with E-state index in [0.717, 1.165) is 19.3 Å². The van der Waals surface area contributed by atoms with Crippen LogP contribution in [0.3, 0.4) is 0 Å². The molecule has 1 aliphatic rings. The van der Waals surface area contributed by atoms with Gasteiger partial charge in [-0.05, 0) is 36.4 Å². The summed E-state index contributed by atoms with van der Waals surface area (Å²) < 4.78 is 71.1. The quantitative estimate of drug-likeness (QED) is 0.153. The number of hydrogen-bond donors (Lipinski definition) is 0. The van der Waals surface area contributed by atoms with Gasteiger partial charge in [0.1, 0.15) is 23.8 Å². The van der Waals surface area contributed by atoms with Gasteiger partial charge in [0.2, 0.25) is 0 Å². The predicted octanol–water partition coefficient (Wildman–Crippen LogP) is 6.01. The Labute approximate surface area is 217 Å². The summed E-state index contributed by atoms with van der Waals surface area (Å²) in [4.78, 5) is 15.6. The summed E-state index contributed by atoms with van der Waals surface area (Å²) in [7, 11) is 0. The molecule has 1 aliphatic carbocycles. The second-order valence-electron chi connectivity index (χ2n) is 8.10. The number of rotatable bonds is 4. The molecule has 35 heavy (non-hydrogen) atoms. The van der Waals surface area contributed by atoms with Crippen LogP contribution in [0.5, 0.6) is 0 Å². The van der Waals surface area contributed by atoms with Crippen LogP contribution in [0.4, 0.5) is 17.6 Å². The van der Waals surface area contributed by atoms with Crippen LogP contribution in [0.25, 0.3) is 22.5 Å². The summed E-state index contributed by atoms with van der Waals surface area (Å²) >= 11 is 0. The van der Waals surface area contributed by atoms with E-state index in [0.29, 0.717) is 24.2 Å². The van der Waals surface area contributed by atoms with Gasteiger partial charge in [0.25, 0.3) is 0 Å².